The minimum atomic E-state index is -0.211. The monoisotopic (exact) mass is 311 g/mol. The van der Waals surface area contributed by atoms with E-state index >= 15 is 0 Å². The first-order chi connectivity index (χ1) is 10.7. The molecule has 0 aromatic rings. The number of carbonyl (C=O) groups is 2. The summed E-state index contributed by atoms with van der Waals surface area (Å²) >= 11 is 0. The van der Waals surface area contributed by atoms with E-state index in [1.54, 1.807) is 4.90 Å². The molecular weight excluding hydrogens is 282 g/mol. The molecule has 0 bridgehead atoms. The van der Waals surface area contributed by atoms with Crippen molar-refractivity contribution in [3.63, 3.8) is 0 Å². The maximum atomic E-state index is 11.8. The lowest BCUT2D eigenvalue weighted by Crippen LogP contribution is -2.46. The second-order valence-electron chi connectivity index (χ2n) is 6.21. The molecule has 1 aliphatic heterocycles. The Balaban J connectivity index is 1.54. The summed E-state index contributed by atoms with van der Waals surface area (Å²) in [5.41, 5.74) is 0. The molecular formula is C16H29N3O3. The molecule has 2 fully saturated rings. The summed E-state index contributed by atoms with van der Waals surface area (Å²) in [5.74, 6) is 0.156. The van der Waals surface area contributed by atoms with Crippen LogP contribution in [0.3, 0.4) is 0 Å². The Kier molecular flexibility index (Phi) is 6.96. The number of rotatable bonds is 6. The van der Waals surface area contributed by atoms with Gasteiger partial charge in [0, 0.05) is 38.1 Å². The van der Waals surface area contributed by atoms with Crippen LogP contribution < -0.4 is 10.6 Å². The lowest BCUT2D eigenvalue weighted by molar-refractivity contribution is -0.121. The van der Waals surface area contributed by atoms with Gasteiger partial charge in [-0.25, -0.2) is 4.79 Å². The van der Waals surface area contributed by atoms with Crippen LogP contribution in [-0.2, 0) is 9.53 Å². The van der Waals surface area contributed by atoms with Gasteiger partial charge in [0.25, 0.3) is 0 Å². The molecule has 126 valence electrons. The van der Waals surface area contributed by atoms with Crippen LogP contribution in [0, 0.1) is 0 Å². The zero-order valence-corrected chi connectivity index (χ0v) is 13.6. The van der Waals surface area contributed by atoms with E-state index in [9.17, 15) is 9.59 Å². The fourth-order valence-corrected chi connectivity index (χ4v) is 3.24. The van der Waals surface area contributed by atoms with Crippen LogP contribution in [0.4, 0.5) is 4.79 Å². The molecule has 2 rings (SSSR count). The lowest BCUT2D eigenvalue weighted by atomic mass is 10.1. The maximum absolute atomic E-state index is 11.8. The van der Waals surface area contributed by atoms with E-state index in [4.69, 9.17) is 4.74 Å². The van der Waals surface area contributed by atoms with Crippen molar-refractivity contribution >= 4 is 12.0 Å². The van der Waals surface area contributed by atoms with Crippen molar-refractivity contribution < 1.29 is 14.3 Å². The number of ether oxygens (including phenoxy) is 1. The maximum Gasteiger partial charge on any atom is 0.409 e. The van der Waals surface area contributed by atoms with Gasteiger partial charge in [-0.05, 0) is 32.6 Å². The standard InChI is InChI=1S/C16H29N3O3/c1-2-22-16(21)19-11-8-13(9-12-19)17-10-7-15(20)18-14-5-3-4-6-14/h13-14,17H,2-12H2,1H3,(H,18,20). The van der Waals surface area contributed by atoms with E-state index in [1.165, 1.54) is 12.8 Å². The fourth-order valence-electron chi connectivity index (χ4n) is 3.24. The van der Waals surface area contributed by atoms with Crippen molar-refractivity contribution in [3.05, 3.63) is 0 Å². The number of hydrogen-bond donors (Lipinski definition) is 2. The van der Waals surface area contributed by atoms with Crippen LogP contribution >= 0.6 is 0 Å². The Hall–Kier alpha value is -1.30. The largest absolute Gasteiger partial charge is 0.450 e. The molecule has 0 spiro atoms. The zero-order valence-electron chi connectivity index (χ0n) is 13.6. The SMILES string of the molecule is CCOC(=O)N1CCC(NCCC(=O)NC2CCCC2)CC1. The third kappa shape index (κ3) is 5.48. The smallest absolute Gasteiger partial charge is 0.409 e. The van der Waals surface area contributed by atoms with Crippen molar-refractivity contribution in [2.75, 3.05) is 26.2 Å². The van der Waals surface area contributed by atoms with E-state index in [0.717, 1.165) is 38.8 Å². The predicted octanol–water partition coefficient (Wildman–Crippen LogP) is 1.65. The van der Waals surface area contributed by atoms with Crippen LogP contribution in [0.1, 0.15) is 51.9 Å². The highest BCUT2D eigenvalue weighted by molar-refractivity contribution is 5.76. The Bertz CT molecular complexity index is 362. The van der Waals surface area contributed by atoms with Gasteiger partial charge >= 0.3 is 6.09 Å². The third-order valence-corrected chi connectivity index (χ3v) is 4.53. The average molecular weight is 311 g/mol. The number of likely N-dealkylation sites (tertiary alicyclic amines) is 1. The molecule has 6 nitrogen and oxygen atoms in total. The summed E-state index contributed by atoms with van der Waals surface area (Å²) in [7, 11) is 0. The Morgan fingerprint density at radius 3 is 2.41 bits per heavy atom. The first-order valence-corrected chi connectivity index (χ1v) is 8.63. The van der Waals surface area contributed by atoms with E-state index < -0.39 is 0 Å². The molecule has 6 heteroatoms. The Morgan fingerprint density at radius 1 is 1.09 bits per heavy atom. The van der Waals surface area contributed by atoms with Crippen LogP contribution in [-0.4, -0.2) is 55.2 Å². The van der Waals surface area contributed by atoms with Crippen molar-refractivity contribution in [1.29, 1.82) is 0 Å². The van der Waals surface area contributed by atoms with E-state index in [-0.39, 0.29) is 12.0 Å². The van der Waals surface area contributed by atoms with Gasteiger partial charge in [-0.1, -0.05) is 12.8 Å². The summed E-state index contributed by atoms with van der Waals surface area (Å²) in [6.45, 7) is 4.41. The molecule has 2 aliphatic rings. The summed E-state index contributed by atoms with van der Waals surface area (Å²) < 4.78 is 5.01. The molecule has 22 heavy (non-hydrogen) atoms. The molecule has 0 unspecified atom stereocenters. The number of nitrogens with zero attached hydrogens (tertiary/aromatic N) is 1. The van der Waals surface area contributed by atoms with E-state index in [2.05, 4.69) is 10.6 Å². The van der Waals surface area contributed by atoms with Crippen LogP contribution in [0.25, 0.3) is 0 Å². The molecule has 2 amide bonds. The van der Waals surface area contributed by atoms with Gasteiger partial charge in [0.05, 0.1) is 6.61 Å². The van der Waals surface area contributed by atoms with Gasteiger partial charge in [0.15, 0.2) is 0 Å². The van der Waals surface area contributed by atoms with Gasteiger partial charge in [-0.3, -0.25) is 4.79 Å². The number of amides is 2. The van der Waals surface area contributed by atoms with Crippen LogP contribution in [0.2, 0.25) is 0 Å². The van der Waals surface area contributed by atoms with Crippen molar-refractivity contribution in [3.8, 4) is 0 Å². The molecule has 0 aromatic heterocycles. The second-order valence-corrected chi connectivity index (χ2v) is 6.21. The van der Waals surface area contributed by atoms with E-state index in [1.807, 2.05) is 6.92 Å². The molecule has 0 radical (unpaired) electrons. The van der Waals surface area contributed by atoms with Gasteiger partial charge in [0.1, 0.15) is 0 Å². The molecule has 1 heterocycles. The van der Waals surface area contributed by atoms with E-state index in [0.29, 0.717) is 31.7 Å². The first kappa shape index (κ1) is 17.1. The molecule has 1 saturated heterocycles. The highest BCUT2D eigenvalue weighted by Crippen LogP contribution is 2.17. The van der Waals surface area contributed by atoms with Crippen molar-refractivity contribution in [2.24, 2.45) is 0 Å². The summed E-state index contributed by atoms with van der Waals surface area (Å²) in [6.07, 6.45) is 6.90. The summed E-state index contributed by atoms with van der Waals surface area (Å²) in [6, 6.07) is 0.797. The topological polar surface area (TPSA) is 70.7 Å². The second kappa shape index (κ2) is 8.98. The number of nitrogens with one attached hydrogen (secondary N) is 2. The Labute approximate surface area is 132 Å². The van der Waals surface area contributed by atoms with Crippen molar-refractivity contribution in [1.82, 2.24) is 15.5 Å². The minimum absolute atomic E-state index is 0.156. The normalized spacial score (nSPS) is 20.1. The minimum Gasteiger partial charge on any atom is -0.450 e. The molecule has 0 atom stereocenters. The highest BCUT2D eigenvalue weighted by Gasteiger charge is 2.23. The van der Waals surface area contributed by atoms with Crippen LogP contribution in [0.15, 0.2) is 0 Å². The molecule has 2 N–H and O–H groups in total. The Morgan fingerprint density at radius 2 is 1.77 bits per heavy atom. The molecule has 1 aliphatic carbocycles. The van der Waals surface area contributed by atoms with Crippen LogP contribution in [0.5, 0.6) is 0 Å². The fraction of sp³-hybridized carbons (Fsp3) is 0.875. The summed E-state index contributed by atoms with van der Waals surface area (Å²) in [4.78, 5) is 25.2. The van der Waals surface area contributed by atoms with Gasteiger partial charge in [-0.15, -0.1) is 0 Å². The number of piperidine rings is 1. The predicted molar refractivity (Wildman–Crippen MR) is 84.6 cm³/mol. The lowest BCUT2D eigenvalue weighted by Gasteiger charge is -2.31. The van der Waals surface area contributed by atoms with Crippen molar-refractivity contribution in [2.45, 2.75) is 64.0 Å². The third-order valence-electron chi connectivity index (χ3n) is 4.53. The molecule has 0 aromatic carbocycles. The highest BCUT2D eigenvalue weighted by atomic mass is 16.6. The number of hydrogen-bond acceptors (Lipinski definition) is 4. The van der Waals surface area contributed by atoms with Gasteiger partial charge in [-0.2, -0.15) is 0 Å². The summed E-state index contributed by atoms with van der Waals surface area (Å²) in [5, 5.41) is 6.53. The van der Waals surface area contributed by atoms with Gasteiger partial charge < -0.3 is 20.3 Å². The average Bonchev–Trinajstić information content (AvgIpc) is 3.01. The quantitative estimate of drug-likeness (QED) is 0.782. The molecule has 1 saturated carbocycles. The van der Waals surface area contributed by atoms with Gasteiger partial charge in [0.2, 0.25) is 5.91 Å². The first-order valence-electron chi connectivity index (χ1n) is 8.63. The zero-order chi connectivity index (χ0) is 15.8. The number of carbonyl (C=O) groups excluding carboxylic acids is 2.